The van der Waals surface area contributed by atoms with Gasteiger partial charge in [-0.2, -0.15) is 0 Å². The van der Waals surface area contributed by atoms with Gasteiger partial charge >= 0.3 is 11.9 Å². The standard InChI is InChI=1S/C34H39NO8/c1-6-41-30-18-22(12-14-28(30)42-20(3)36)32-31(34(38)43-24-9-7-8-10-24)19(2)35-25-15-23(16-26(37)33(25)32)21-11-13-27(39-4)29(17-21)40-5/h11-14,17-18,23-24,32-33H,6-10,15-16H2,1-5H3/t23-,32+,33?/m1/s1. The summed E-state index contributed by atoms with van der Waals surface area (Å²) in [6.07, 6.45) is 4.40. The number of nitrogens with zero attached hydrogens (tertiary/aromatic N) is 1. The van der Waals surface area contributed by atoms with Crippen molar-refractivity contribution in [2.75, 3.05) is 20.8 Å². The van der Waals surface area contributed by atoms with E-state index >= 15 is 0 Å². The van der Waals surface area contributed by atoms with E-state index in [4.69, 9.17) is 28.7 Å². The van der Waals surface area contributed by atoms with Gasteiger partial charge in [0.25, 0.3) is 0 Å². The maximum absolute atomic E-state index is 14.1. The number of esters is 2. The lowest BCUT2D eigenvalue weighted by molar-refractivity contribution is -0.144. The van der Waals surface area contributed by atoms with Crippen LogP contribution in [0.2, 0.25) is 0 Å². The molecular weight excluding hydrogens is 550 g/mol. The normalized spacial score (nSPS) is 22.0. The van der Waals surface area contributed by atoms with Crippen LogP contribution in [0.15, 0.2) is 52.7 Å². The zero-order valence-corrected chi connectivity index (χ0v) is 25.4. The molecule has 228 valence electrons. The number of carbonyl (C=O) groups excluding carboxylic acids is 3. The highest BCUT2D eigenvalue weighted by Crippen LogP contribution is 2.48. The van der Waals surface area contributed by atoms with E-state index in [0.29, 0.717) is 47.1 Å². The highest BCUT2D eigenvalue weighted by atomic mass is 16.6. The predicted molar refractivity (Wildman–Crippen MR) is 160 cm³/mol. The van der Waals surface area contributed by atoms with Crippen LogP contribution < -0.4 is 18.9 Å². The molecule has 1 heterocycles. The fraction of sp³-hybridized carbons (Fsp3) is 0.471. The van der Waals surface area contributed by atoms with Crippen LogP contribution in [0.5, 0.6) is 23.0 Å². The molecule has 5 rings (SSSR count). The number of allylic oxidation sites excluding steroid dienone is 1. The first-order valence-corrected chi connectivity index (χ1v) is 14.9. The van der Waals surface area contributed by atoms with Crippen molar-refractivity contribution in [1.29, 1.82) is 0 Å². The number of ether oxygens (including phenoxy) is 5. The van der Waals surface area contributed by atoms with Crippen molar-refractivity contribution < 1.29 is 38.1 Å². The number of aliphatic imine (C=N–C) groups is 1. The molecule has 3 aliphatic rings. The molecular formula is C34H39NO8. The number of rotatable bonds is 9. The van der Waals surface area contributed by atoms with E-state index in [9.17, 15) is 14.4 Å². The lowest BCUT2D eigenvalue weighted by Gasteiger charge is -2.38. The van der Waals surface area contributed by atoms with E-state index in [1.807, 2.05) is 32.0 Å². The SMILES string of the molecule is CCOc1cc([C@H]2C(C(=O)OC3CCCC3)=C(C)N=C3C[C@@H](c4ccc(OC)c(OC)c4)CC(=O)C32)ccc1OC(C)=O. The van der Waals surface area contributed by atoms with E-state index in [0.717, 1.165) is 37.0 Å². The van der Waals surface area contributed by atoms with Gasteiger partial charge in [0.05, 0.1) is 32.3 Å². The summed E-state index contributed by atoms with van der Waals surface area (Å²) in [7, 11) is 3.17. The molecule has 0 saturated heterocycles. The van der Waals surface area contributed by atoms with Crippen LogP contribution in [-0.4, -0.2) is 50.4 Å². The maximum atomic E-state index is 14.1. The number of fused-ring (bicyclic) bond motifs is 1. The Balaban J connectivity index is 1.56. The third-order valence-corrected chi connectivity index (χ3v) is 8.51. The Morgan fingerprint density at radius 2 is 1.56 bits per heavy atom. The van der Waals surface area contributed by atoms with Crippen LogP contribution in [0.4, 0.5) is 0 Å². The Kier molecular flexibility index (Phi) is 9.18. The number of carbonyl (C=O) groups is 3. The Bertz CT molecular complexity index is 1470. The first kappa shape index (κ1) is 30.3. The molecule has 2 aliphatic carbocycles. The number of methoxy groups -OCH3 is 2. The number of benzene rings is 2. The molecule has 2 saturated carbocycles. The van der Waals surface area contributed by atoms with Gasteiger partial charge in [-0.25, -0.2) is 4.79 Å². The average Bonchev–Trinajstić information content (AvgIpc) is 3.49. The van der Waals surface area contributed by atoms with Gasteiger partial charge in [0.1, 0.15) is 11.9 Å². The Hall–Kier alpha value is -4.14. The van der Waals surface area contributed by atoms with Crippen LogP contribution in [0.25, 0.3) is 0 Å². The summed E-state index contributed by atoms with van der Waals surface area (Å²) in [4.78, 5) is 44.5. The van der Waals surface area contributed by atoms with Crippen LogP contribution in [0.1, 0.15) is 82.3 Å². The quantitative estimate of drug-likeness (QED) is 0.255. The molecule has 1 aliphatic heterocycles. The van der Waals surface area contributed by atoms with Crippen molar-refractivity contribution >= 4 is 23.4 Å². The molecule has 43 heavy (non-hydrogen) atoms. The van der Waals surface area contributed by atoms with Gasteiger partial charge in [0.15, 0.2) is 23.0 Å². The third-order valence-electron chi connectivity index (χ3n) is 8.51. The molecule has 1 unspecified atom stereocenters. The summed E-state index contributed by atoms with van der Waals surface area (Å²) in [5.41, 5.74) is 3.33. The molecule has 0 amide bonds. The smallest absolute Gasteiger partial charge is 0.336 e. The topological polar surface area (TPSA) is 110 Å². The number of ketones is 1. The molecule has 2 fully saturated rings. The van der Waals surface area contributed by atoms with Gasteiger partial charge in [-0.3, -0.25) is 14.6 Å². The van der Waals surface area contributed by atoms with Crippen LogP contribution in [0.3, 0.4) is 0 Å². The molecule has 9 heteroatoms. The van der Waals surface area contributed by atoms with E-state index < -0.39 is 23.8 Å². The minimum Gasteiger partial charge on any atom is -0.493 e. The fourth-order valence-electron chi connectivity index (χ4n) is 6.59. The molecule has 2 aromatic carbocycles. The summed E-state index contributed by atoms with van der Waals surface area (Å²) in [5.74, 6) is -0.408. The Labute approximate surface area is 252 Å². The van der Waals surface area contributed by atoms with Crippen molar-refractivity contribution in [3.05, 3.63) is 58.8 Å². The zero-order chi connectivity index (χ0) is 30.7. The molecule has 0 spiro atoms. The molecule has 0 N–H and O–H groups in total. The minimum absolute atomic E-state index is 0.00419. The lowest BCUT2D eigenvalue weighted by Crippen LogP contribution is -2.41. The summed E-state index contributed by atoms with van der Waals surface area (Å²) >= 11 is 0. The third kappa shape index (κ3) is 6.31. The predicted octanol–water partition coefficient (Wildman–Crippen LogP) is 6.09. The molecule has 2 aromatic rings. The lowest BCUT2D eigenvalue weighted by atomic mass is 9.66. The first-order chi connectivity index (χ1) is 20.7. The van der Waals surface area contributed by atoms with Gasteiger partial charge in [-0.15, -0.1) is 0 Å². The Morgan fingerprint density at radius 1 is 0.884 bits per heavy atom. The average molecular weight is 590 g/mol. The van der Waals surface area contributed by atoms with Gasteiger partial charge in [-0.05, 0) is 87.3 Å². The summed E-state index contributed by atoms with van der Waals surface area (Å²) in [6, 6.07) is 10.9. The van der Waals surface area contributed by atoms with E-state index in [1.54, 1.807) is 32.4 Å². The highest BCUT2D eigenvalue weighted by molar-refractivity contribution is 6.12. The summed E-state index contributed by atoms with van der Waals surface area (Å²) in [5, 5.41) is 0. The maximum Gasteiger partial charge on any atom is 0.336 e. The number of Topliss-reactive ketones (excluding diaryl/α,β-unsaturated/α-hetero) is 1. The number of hydrogen-bond donors (Lipinski definition) is 0. The molecule has 0 aromatic heterocycles. The van der Waals surface area contributed by atoms with Crippen molar-refractivity contribution in [3.8, 4) is 23.0 Å². The van der Waals surface area contributed by atoms with Crippen molar-refractivity contribution in [2.45, 2.75) is 77.2 Å². The molecule has 0 radical (unpaired) electrons. The second-order valence-electron chi connectivity index (χ2n) is 11.3. The highest BCUT2D eigenvalue weighted by Gasteiger charge is 2.46. The van der Waals surface area contributed by atoms with Gasteiger partial charge in [-0.1, -0.05) is 12.1 Å². The van der Waals surface area contributed by atoms with Crippen molar-refractivity contribution in [3.63, 3.8) is 0 Å². The largest absolute Gasteiger partial charge is 0.493 e. The van der Waals surface area contributed by atoms with Crippen molar-refractivity contribution in [2.24, 2.45) is 10.9 Å². The van der Waals surface area contributed by atoms with Crippen LogP contribution in [-0.2, 0) is 19.1 Å². The van der Waals surface area contributed by atoms with E-state index in [1.165, 1.54) is 6.92 Å². The summed E-state index contributed by atoms with van der Waals surface area (Å²) in [6.45, 7) is 5.31. The fourth-order valence-corrected chi connectivity index (χ4v) is 6.59. The second kappa shape index (κ2) is 13.0. The van der Waals surface area contributed by atoms with Crippen LogP contribution in [0, 0.1) is 5.92 Å². The van der Waals surface area contributed by atoms with E-state index in [2.05, 4.69) is 0 Å². The molecule has 9 nitrogen and oxygen atoms in total. The van der Waals surface area contributed by atoms with E-state index in [-0.39, 0.29) is 30.0 Å². The van der Waals surface area contributed by atoms with Crippen LogP contribution >= 0.6 is 0 Å². The number of hydrogen-bond acceptors (Lipinski definition) is 9. The van der Waals surface area contributed by atoms with Crippen molar-refractivity contribution in [1.82, 2.24) is 0 Å². The molecule has 3 atom stereocenters. The van der Waals surface area contributed by atoms with Gasteiger partial charge < -0.3 is 23.7 Å². The summed E-state index contributed by atoms with van der Waals surface area (Å²) < 4.78 is 28.1. The minimum atomic E-state index is -0.639. The van der Waals surface area contributed by atoms with Gasteiger partial charge in [0.2, 0.25) is 0 Å². The second-order valence-corrected chi connectivity index (χ2v) is 11.3. The monoisotopic (exact) mass is 589 g/mol. The molecule has 0 bridgehead atoms. The zero-order valence-electron chi connectivity index (χ0n) is 25.4. The van der Waals surface area contributed by atoms with Gasteiger partial charge in [0, 0.05) is 30.7 Å². The Morgan fingerprint density at radius 3 is 2.23 bits per heavy atom. The first-order valence-electron chi connectivity index (χ1n) is 14.9.